The summed E-state index contributed by atoms with van der Waals surface area (Å²) in [5.41, 5.74) is 3.41. The SMILES string of the molecule is O=C(O)c1cccc(-c2nc(-c3ccccc3)[nH]c2-c2cc[nH]c(=O)c2)c1. The van der Waals surface area contributed by atoms with Crippen molar-refractivity contribution in [2.24, 2.45) is 0 Å². The summed E-state index contributed by atoms with van der Waals surface area (Å²) in [6.45, 7) is 0. The highest BCUT2D eigenvalue weighted by molar-refractivity contribution is 5.90. The fourth-order valence-electron chi connectivity index (χ4n) is 2.92. The van der Waals surface area contributed by atoms with Crippen molar-refractivity contribution in [1.29, 1.82) is 0 Å². The van der Waals surface area contributed by atoms with Gasteiger partial charge in [0, 0.05) is 29.0 Å². The Bertz CT molecular complexity index is 1180. The lowest BCUT2D eigenvalue weighted by Crippen LogP contribution is -2.02. The number of nitrogens with zero attached hydrogens (tertiary/aromatic N) is 1. The maximum atomic E-state index is 11.8. The van der Waals surface area contributed by atoms with Gasteiger partial charge in [-0.2, -0.15) is 0 Å². The zero-order valence-electron chi connectivity index (χ0n) is 14.1. The fourth-order valence-corrected chi connectivity index (χ4v) is 2.92. The first-order chi connectivity index (χ1) is 13.1. The van der Waals surface area contributed by atoms with Gasteiger partial charge in [0.25, 0.3) is 0 Å². The molecule has 3 N–H and O–H groups in total. The molecule has 0 saturated heterocycles. The molecular formula is C21H15N3O3. The number of carboxylic acid groups (broad SMARTS) is 1. The molecule has 2 aromatic carbocycles. The van der Waals surface area contributed by atoms with Crippen molar-refractivity contribution in [3.63, 3.8) is 0 Å². The first kappa shape index (κ1) is 16.5. The first-order valence-corrected chi connectivity index (χ1v) is 8.30. The molecule has 4 aromatic rings. The van der Waals surface area contributed by atoms with E-state index >= 15 is 0 Å². The molecule has 2 aromatic heterocycles. The maximum absolute atomic E-state index is 11.8. The number of aromatic amines is 2. The van der Waals surface area contributed by atoms with Crippen LogP contribution in [0, 0.1) is 0 Å². The van der Waals surface area contributed by atoms with E-state index in [9.17, 15) is 14.7 Å². The molecule has 0 aliphatic carbocycles. The van der Waals surface area contributed by atoms with Gasteiger partial charge in [-0.05, 0) is 18.2 Å². The summed E-state index contributed by atoms with van der Waals surface area (Å²) < 4.78 is 0. The monoisotopic (exact) mass is 357 g/mol. The lowest BCUT2D eigenvalue weighted by molar-refractivity contribution is 0.0697. The van der Waals surface area contributed by atoms with Crippen LogP contribution in [0.5, 0.6) is 0 Å². The smallest absolute Gasteiger partial charge is 0.335 e. The average molecular weight is 357 g/mol. The standard InChI is InChI=1S/C21H15N3O3/c25-17-12-15(9-10-22-17)19-18(14-7-4-8-16(11-14)21(26)27)23-20(24-19)13-5-2-1-3-6-13/h1-12H,(H,22,25)(H,23,24)(H,26,27). The molecule has 0 atom stereocenters. The molecule has 0 saturated carbocycles. The molecule has 0 bridgehead atoms. The normalized spacial score (nSPS) is 10.7. The lowest BCUT2D eigenvalue weighted by atomic mass is 10.0. The summed E-state index contributed by atoms with van der Waals surface area (Å²) in [6, 6.07) is 19.4. The highest BCUT2D eigenvalue weighted by Crippen LogP contribution is 2.32. The average Bonchev–Trinajstić information content (AvgIpc) is 3.14. The third kappa shape index (κ3) is 3.28. The van der Waals surface area contributed by atoms with Crippen LogP contribution in [-0.4, -0.2) is 26.0 Å². The molecule has 6 nitrogen and oxygen atoms in total. The number of carboxylic acids is 1. The van der Waals surface area contributed by atoms with Gasteiger partial charge in [0.05, 0.1) is 17.0 Å². The summed E-state index contributed by atoms with van der Waals surface area (Å²) >= 11 is 0. The minimum Gasteiger partial charge on any atom is -0.478 e. The Morgan fingerprint density at radius 1 is 0.889 bits per heavy atom. The van der Waals surface area contributed by atoms with Gasteiger partial charge in [-0.1, -0.05) is 42.5 Å². The van der Waals surface area contributed by atoms with E-state index < -0.39 is 5.97 Å². The molecule has 2 heterocycles. The van der Waals surface area contributed by atoms with Crippen LogP contribution < -0.4 is 5.56 Å². The van der Waals surface area contributed by atoms with Crippen LogP contribution in [0.4, 0.5) is 0 Å². The number of H-pyrrole nitrogens is 2. The molecule has 0 aliphatic heterocycles. The summed E-state index contributed by atoms with van der Waals surface area (Å²) in [4.78, 5) is 33.7. The summed E-state index contributed by atoms with van der Waals surface area (Å²) in [5, 5.41) is 9.29. The van der Waals surface area contributed by atoms with E-state index in [1.54, 1.807) is 30.5 Å². The molecule has 27 heavy (non-hydrogen) atoms. The quantitative estimate of drug-likeness (QED) is 0.517. The zero-order valence-corrected chi connectivity index (χ0v) is 14.1. The number of aromatic nitrogens is 3. The number of imidazole rings is 1. The molecule has 0 aliphatic rings. The topological polar surface area (TPSA) is 98.8 Å². The van der Waals surface area contributed by atoms with Crippen molar-refractivity contribution < 1.29 is 9.90 Å². The van der Waals surface area contributed by atoms with Crippen LogP contribution in [0.1, 0.15) is 10.4 Å². The van der Waals surface area contributed by atoms with Crippen molar-refractivity contribution in [3.05, 3.63) is 88.8 Å². The predicted molar refractivity (Wildman–Crippen MR) is 102 cm³/mol. The minimum atomic E-state index is -1.01. The molecule has 132 valence electrons. The lowest BCUT2D eigenvalue weighted by Gasteiger charge is -2.04. The number of nitrogens with one attached hydrogen (secondary N) is 2. The second-order valence-corrected chi connectivity index (χ2v) is 6.00. The third-order valence-corrected chi connectivity index (χ3v) is 4.20. The number of pyridine rings is 1. The Morgan fingerprint density at radius 2 is 1.67 bits per heavy atom. The zero-order chi connectivity index (χ0) is 18.8. The Kier molecular flexibility index (Phi) is 4.14. The van der Waals surface area contributed by atoms with E-state index in [1.807, 2.05) is 30.3 Å². The van der Waals surface area contributed by atoms with Crippen molar-refractivity contribution in [2.75, 3.05) is 0 Å². The highest BCUT2D eigenvalue weighted by Gasteiger charge is 2.16. The van der Waals surface area contributed by atoms with Crippen LogP contribution in [0.2, 0.25) is 0 Å². The van der Waals surface area contributed by atoms with E-state index in [2.05, 4.69) is 9.97 Å². The van der Waals surface area contributed by atoms with E-state index in [0.29, 0.717) is 28.3 Å². The van der Waals surface area contributed by atoms with Crippen molar-refractivity contribution in [2.45, 2.75) is 0 Å². The molecule has 0 unspecified atom stereocenters. The fraction of sp³-hybridized carbons (Fsp3) is 0. The second kappa shape index (κ2) is 6.76. The van der Waals surface area contributed by atoms with E-state index in [4.69, 9.17) is 4.98 Å². The number of hydrogen-bond acceptors (Lipinski definition) is 3. The van der Waals surface area contributed by atoms with Crippen LogP contribution >= 0.6 is 0 Å². The first-order valence-electron chi connectivity index (χ1n) is 8.30. The number of aromatic carboxylic acids is 1. The number of hydrogen-bond donors (Lipinski definition) is 3. The number of carbonyl (C=O) groups is 1. The molecule has 0 spiro atoms. The highest BCUT2D eigenvalue weighted by atomic mass is 16.4. The summed E-state index contributed by atoms with van der Waals surface area (Å²) in [6.07, 6.45) is 1.57. The Labute approximate surface area is 154 Å². The van der Waals surface area contributed by atoms with Crippen molar-refractivity contribution in [1.82, 2.24) is 15.0 Å². The Morgan fingerprint density at radius 3 is 2.41 bits per heavy atom. The number of rotatable bonds is 4. The van der Waals surface area contributed by atoms with E-state index in [-0.39, 0.29) is 11.1 Å². The van der Waals surface area contributed by atoms with Gasteiger partial charge >= 0.3 is 5.97 Å². The van der Waals surface area contributed by atoms with Crippen molar-refractivity contribution in [3.8, 4) is 33.9 Å². The van der Waals surface area contributed by atoms with Gasteiger partial charge in [-0.25, -0.2) is 9.78 Å². The van der Waals surface area contributed by atoms with Gasteiger partial charge in [0.1, 0.15) is 5.82 Å². The summed E-state index contributed by atoms with van der Waals surface area (Å²) in [5.74, 6) is -0.366. The van der Waals surface area contributed by atoms with Crippen LogP contribution in [0.3, 0.4) is 0 Å². The Hall–Kier alpha value is -3.93. The van der Waals surface area contributed by atoms with Gasteiger partial charge in [0.2, 0.25) is 5.56 Å². The number of benzene rings is 2. The molecule has 0 fully saturated rings. The molecular weight excluding hydrogens is 342 g/mol. The van der Waals surface area contributed by atoms with Crippen LogP contribution in [0.25, 0.3) is 33.9 Å². The molecule has 0 radical (unpaired) electrons. The van der Waals surface area contributed by atoms with Gasteiger partial charge in [0.15, 0.2) is 0 Å². The van der Waals surface area contributed by atoms with Crippen LogP contribution in [-0.2, 0) is 0 Å². The minimum absolute atomic E-state index is 0.175. The van der Waals surface area contributed by atoms with Crippen molar-refractivity contribution >= 4 is 5.97 Å². The van der Waals surface area contributed by atoms with Gasteiger partial charge < -0.3 is 15.1 Å². The predicted octanol–water partition coefficient (Wildman–Crippen LogP) is 3.80. The van der Waals surface area contributed by atoms with E-state index in [0.717, 1.165) is 5.56 Å². The second-order valence-electron chi connectivity index (χ2n) is 6.00. The molecule has 0 amide bonds. The van der Waals surface area contributed by atoms with E-state index in [1.165, 1.54) is 12.1 Å². The molecule has 6 heteroatoms. The largest absolute Gasteiger partial charge is 0.478 e. The third-order valence-electron chi connectivity index (χ3n) is 4.20. The Balaban J connectivity index is 1.94. The molecule has 4 rings (SSSR count). The van der Waals surface area contributed by atoms with Gasteiger partial charge in [-0.3, -0.25) is 4.79 Å². The van der Waals surface area contributed by atoms with Gasteiger partial charge in [-0.15, -0.1) is 0 Å². The van der Waals surface area contributed by atoms with Crippen LogP contribution in [0.15, 0.2) is 77.7 Å². The maximum Gasteiger partial charge on any atom is 0.335 e. The summed E-state index contributed by atoms with van der Waals surface area (Å²) in [7, 11) is 0.